The van der Waals surface area contributed by atoms with E-state index in [2.05, 4.69) is 5.32 Å². The summed E-state index contributed by atoms with van der Waals surface area (Å²) in [7, 11) is 1.64. The highest BCUT2D eigenvalue weighted by Crippen LogP contribution is 2.33. The number of methoxy groups -OCH3 is 1. The lowest BCUT2D eigenvalue weighted by Crippen LogP contribution is -2.25. The molecule has 4 rings (SSSR count). The molecular formula is C25H22FN3O2S. The number of nitrogens with zero attached hydrogens (tertiary/aromatic N) is 2. The molecule has 1 N–H and O–H groups in total. The van der Waals surface area contributed by atoms with Crippen molar-refractivity contribution in [2.75, 3.05) is 12.9 Å². The number of thioether (sulfide) groups is 1. The van der Waals surface area contributed by atoms with Crippen molar-refractivity contribution in [3.8, 4) is 5.75 Å². The van der Waals surface area contributed by atoms with E-state index in [1.165, 1.54) is 23.9 Å². The number of amides is 1. The molecule has 0 spiro atoms. The maximum atomic E-state index is 13.0. The molecule has 1 aliphatic heterocycles. The quantitative estimate of drug-likeness (QED) is 0.547. The van der Waals surface area contributed by atoms with Crippen LogP contribution in [0, 0.1) is 5.82 Å². The van der Waals surface area contributed by atoms with Crippen LogP contribution in [0.15, 0.2) is 82.8 Å². The lowest BCUT2D eigenvalue weighted by Gasteiger charge is -2.09. The first-order chi connectivity index (χ1) is 15.6. The number of benzene rings is 3. The molecule has 0 saturated heterocycles. The molecule has 0 unspecified atom stereocenters. The second kappa shape index (κ2) is 10.2. The van der Waals surface area contributed by atoms with Gasteiger partial charge in [0.05, 0.1) is 35.0 Å². The van der Waals surface area contributed by atoms with Crippen LogP contribution in [0.1, 0.15) is 17.5 Å². The highest BCUT2D eigenvalue weighted by Gasteiger charge is 2.16. The predicted molar refractivity (Wildman–Crippen MR) is 128 cm³/mol. The monoisotopic (exact) mass is 447 g/mol. The number of rotatable bonds is 6. The van der Waals surface area contributed by atoms with Gasteiger partial charge < -0.3 is 10.1 Å². The Labute approximate surface area is 190 Å². The number of hydrogen-bond acceptors (Lipinski definition) is 5. The predicted octanol–water partition coefficient (Wildman–Crippen LogP) is 5.44. The number of para-hydroxylation sites is 2. The molecule has 0 atom stereocenters. The van der Waals surface area contributed by atoms with Gasteiger partial charge in [0.15, 0.2) is 0 Å². The average Bonchev–Trinajstić information content (AvgIpc) is 3.02. The molecule has 3 aromatic carbocycles. The van der Waals surface area contributed by atoms with E-state index in [0.29, 0.717) is 13.0 Å². The number of carbonyl (C=O) groups is 1. The smallest absolute Gasteiger partial charge is 0.230 e. The Bertz CT molecular complexity index is 1160. The molecule has 0 radical (unpaired) electrons. The number of aliphatic imine (C=N–C) groups is 2. The second-order valence-electron chi connectivity index (χ2n) is 7.15. The number of fused-ring (bicyclic) bond motifs is 1. The van der Waals surface area contributed by atoms with E-state index in [9.17, 15) is 9.18 Å². The first-order valence-electron chi connectivity index (χ1n) is 10.1. The zero-order valence-electron chi connectivity index (χ0n) is 17.5. The summed E-state index contributed by atoms with van der Waals surface area (Å²) in [6.45, 7) is 0.355. The minimum absolute atomic E-state index is 0.109. The largest absolute Gasteiger partial charge is 0.497 e. The fourth-order valence-electron chi connectivity index (χ4n) is 3.19. The molecule has 162 valence electrons. The number of carbonyl (C=O) groups excluding carboxylic acids is 1. The zero-order valence-corrected chi connectivity index (χ0v) is 18.4. The molecule has 1 heterocycles. The van der Waals surface area contributed by atoms with Crippen molar-refractivity contribution in [2.24, 2.45) is 9.98 Å². The van der Waals surface area contributed by atoms with Gasteiger partial charge in [0.1, 0.15) is 11.6 Å². The van der Waals surface area contributed by atoms with Gasteiger partial charge in [-0.15, -0.1) is 11.8 Å². The standard InChI is InChI=1S/C25H22FN3O2S/c1-31-20-12-8-18(9-13-20)23-14-25(29-22-5-3-2-4-21(22)28-23)32-16-24(30)27-15-17-6-10-19(26)11-7-17/h2-13H,14-16H2,1H3,(H,27,30). The highest BCUT2D eigenvalue weighted by atomic mass is 32.2. The Kier molecular flexibility index (Phi) is 6.97. The van der Waals surface area contributed by atoms with Crippen molar-refractivity contribution in [3.63, 3.8) is 0 Å². The summed E-state index contributed by atoms with van der Waals surface area (Å²) in [6, 6.07) is 21.6. The van der Waals surface area contributed by atoms with Gasteiger partial charge in [-0.3, -0.25) is 9.79 Å². The van der Waals surface area contributed by atoms with E-state index >= 15 is 0 Å². The van der Waals surface area contributed by atoms with Gasteiger partial charge in [-0.25, -0.2) is 9.38 Å². The van der Waals surface area contributed by atoms with Crippen molar-refractivity contribution in [1.29, 1.82) is 0 Å². The van der Waals surface area contributed by atoms with E-state index in [1.54, 1.807) is 19.2 Å². The van der Waals surface area contributed by atoms with E-state index in [4.69, 9.17) is 14.7 Å². The molecule has 7 heteroatoms. The van der Waals surface area contributed by atoms with Crippen LogP contribution in [-0.4, -0.2) is 29.5 Å². The maximum absolute atomic E-state index is 13.0. The summed E-state index contributed by atoms with van der Waals surface area (Å²) >= 11 is 1.40. The maximum Gasteiger partial charge on any atom is 0.230 e. The molecular weight excluding hydrogens is 425 g/mol. The summed E-state index contributed by atoms with van der Waals surface area (Å²) in [4.78, 5) is 22.0. The molecule has 5 nitrogen and oxygen atoms in total. The van der Waals surface area contributed by atoms with Crippen LogP contribution in [0.3, 0.4) is 0 Å². The Morgan fingerprint density at radius 3 is 2.38 bits per heavy atom. The summed E-state index contributed by atoms with van der Waals surface area (Å²) in [5.74, 6) is 0.613. The molecule has 0 saturated carbocycles. The molecule has 32 heavy (non-hydrogen) atoms. The van der Waals surface area contributed by atoms with Crippen molar-refractivity contribution in [3.05, 3.63) is 89.7 Å². The summed E-state index contributed by atoms with van der Waals surface area (Å²) < 4.78 is 18.3. The van der Waals surface area contributed by atoms with E-state index in [0.717, 1.165) is 39.0 Å². The van der Waals surface area contributed by atoms with Crippen LogP contribution in [0.4, 0.5) is 15.8 Å². The summed E-state index contributed by atoms with van der Waals surface area (Å²) in [5, 5.41) is 3.69. The average molecular weight is 448 g/mol. The number of ether oxygens (including phenoxy) is 1. The van der Waals surface area contributed by atoms with Crippen molar-refractivity contribution in [2.45, 2.75) is 13.0 Å². The molecule has 3 aromatic rings. The van der Waals surface area contributed by atoms with Gasteiger partial charge in [0.2, 0.25) is 5.91 Å². The van der Waals surface area contributed by atoms with Crippen LogP contribution in [0.5, 0.6) is 5.75 Å². The van der Waals surface area contributed by atoms with Gasteiger partial charge in [-0.1, -0.05) is 24.3 Å². The van der Waals surface area contributed by atoms with Gasteiger partial charge in [-0.2, -0.15) is 0 Å². The molecule has 0 bridgehead atoms. The van der Waals surface area contributed by atoms with E-state index in [-0.39, 0.29) is 17.5 Å². The Morgan fingerprint density at radius 2 is 1.69 bits per heavy atom. The third-order valence-electron chi connectivity index (χ3n) is 4.90. The lowest BCUT2D eigenvalue weighted by molar-refractivity contribution is -0.118. The van der Waals surface area contributed by atoms with Gasteiger partial charge >= 0.3 is 0 Å². The second-order valence-corrected chi connectivity index (χ2v) is 8.20. The number of halogens is 1. The van der Waals surface area contributed by atoms with Crippen molar-refractivity contribution < 1.29 is 13.9 Å². The lowest BCUT2D eigenvalue weighted by atomic mass is 10.1. The fraction of sp³-hybridized carbons (Fsp3) is 0.160. The Hall–Kier alpha value is -3.45. The minimum Gasteiger partial charge on any atom is -0.497 e. The third-order valence-corrected chi connectivity index (χ3v) is 5.87. The van der Waals surface area contributed by atoms with Gasteiger partial charge in [0, 0.05) is 13.0 Å². The first-order valence-corrected chi connectivity index (χ1v) is 11.1. The van der Waals surface area contributed by atoms with Crippen LogP contribution >= 0.6 is 11.8 Å². The van der Waals surface area contributed by atoms with Crippen LogP contribution < -0.4 is 10.1 Å². The van der Waals surface area contributed by atoms with Crippen LogP contribution in [0.25, 0.3) is 0 Å². The topological polar surface area (TPSA) is 63.1 Å². The van der Waals surface area contributed by atoms with Crippen LogP contribution in [-0.2, 0) is 11.3 Å². The fourth-order valence-corrected chi connectivity index (χ4v) is 3.99. The third kappa shape index (κ3) is 5.62. The van der Waals surface area contributed by atoms with Gasteiger partial charge in [0.25, 0.3) is 0 Å². The van der Waals surface area contributed by atoms with Crippen LogP contribution in [0.2, 0.25) is 0 Å². The SMILES string of the molecule is COc1ccc(C2=Nc3ccccc3N=C(SCC(=O)NCc3ccc(F)cc3)C2)cc1. The first kappa shape index (κ1) is 21.8. The molecule has 0 aliphatic carbocycles. The summed E-state index contributed by atoms with van der Waals surface area (Å²) in [5.41, 5.74) is 4.30. The highest BCUT2D eigenvalue weighted by molar-refractivity contribution is 8.14. The zero-order chi connectivity index (χ0) is 22.3. The van der Waals surface area contributed by atoms with Crippen molar-refractivity contribution in [1.82, 2.24) is 5.32 Å². The minimum atomic E-state index is -0.295. The number of hydrogen-bond donors (Lipinski definition) is 1. The summed E-state index contributed by atoms with van der Waals surface area (Å²) in [6.07, 6.45) is 0.525. The molecule has 0 aromatic heterocycles. The van der Waals surface area contributed by atoms with E-state index in [1.807, 2.05) is 48.5 Å². The van der Waals surface area contributed by atoms with Gasteiger partial charge in [-0.05, 0) is 59.7 Å². The molecule has 1 amide bonds. The van der Waals surface area contributed by atoms with Crippen molar-refractivity contribution >= 4 is 39.8 Å². The Balaban J connectivity index is 1.45. The molecule has 1 aliphatic rings. The number of nitrogens with one attached hydrogen (secondary N) is 1. The molecule has 0 fully saturated rings. The van der Waals surface area contributed by atoms with E-state index < -0.39 is 0 Å². The normalized spacial score (nSPS) is 12.8. The Morgan fingerprint density at radius 1 is 1.00 bits per heavy atom.